The molecule has 3 nitrogen and oxygen atoms in total. The third-order valence-corrected chi connectivity index (χ3v) is 5.07. The van der Waals surface area contributed by atoms with E-state index in [-0.39, 0.29) is 5.91 Å². The van der Waals surface area contributed by atoms with Crippen LogP contribution in [0.3, 0.4) is 0 Å². The summed E-state index contributed by atoms with van der Waals surface area (Å²) in [6, 6.07) is 0. The van der Waals surface area contributed by atoms with Crippen LogP contribution in [0, 0.1) is 17.8 Å². The lowest BCUT2D eigenvalue weighted by atomic mass is 9.88. The quantitative estimate of drug-likeness (QED) is 0.712. The molecule has 0 aromatic heterocycles. The number of carbonyl (C=O) groups excluding carboxylic acids is 1. The Morgan fingerprint density at radius 3 is 2.78 bits per heavy atom. The molecule has 1 heterocycles. The van der Waals surface area contributed by atoms with Crippen molar-refractivity contribution in [2.45, 2.75) is 39.5 Å². The molecule has 1 saturated heterocycles. The molecule has 3 N–H and O–H groups in total. The van der Waals surface area contributed by atoms with E-state index >= 15 is 0 Å². The second-order valence-electron chi connectivity index (χ2n) is 5.65. The van der Waals surface area contributed by atoms with Crippen molar-refractivity contribution in [3.8, 4) is 0 Å². The first-order chi connectivity index (χ1) is 8.63. The monoisotopic (exact) mass is 272 g/mol. The number of hydrogen-bond acceptors (Lipinski definition) is 3. The molecule has 0 radical (unpaired) electrons. The van der Waals surface area contributed by atoms with E-state index in [1.165, 1.54) is 17.9 Å². The van der Waals surface area contributed by atoms with Gasteiger partial charge in [0.2, 0.25) is 5.91 Å². The van der Waals surface area contributed by atoms with E-state index in [1.807, 2.05) is 11.8 Å². The molecule has 0 spiro atoms. The van der Waals surface area contributed by atoms with Crippen molar-refractivity contribution in [1.29, 1.82) is 0 Å². The van der Waals surface area contributed by atoms with Gasteiger partial charge in [0, 0.05) is 13.0 Å². The molecule has 1 aliphatic rings. The van der Waals surface area contributed by atoms with Crippen LogP contribution >= 0.6 is 11.8 Å². The number of nitrogens with one attached hydrogen (secondary N) is 1. The van der Waals surface area contributed by atoms with E-state index in [2.05, 4.69) is 19.2 Å². The lowest BCUT2D eigenvalue weighted by Crippen LogP contribution is -2.29. The van der Waals surface area contributed by atoms with E-state index in [4.69, 9.17) is 5.73 Å². The van der Waals surface area contributed by atoms with E-state index in [0.29, 0.717) is 24.2 Å². The van der Waals surface area contributed by atoms with Crippen molar-refractivity contribution in [2.75, 3.05) is 24.6 Å². The first kappa shape index (κ1) is 15.8. The molecule has 2 atom stereocenters. The normalized spacial score (nSPS) is 21.2. The second-order valence-corrected chi connectivity index (χ2v) is 6.80. The Balaban J connectivity index is 2.14. The molecule has 4 heteroatoms. The van der Waals surface area contributed by atoms with Gasteiger partial charge in [-0.05, 0) is 55.1 Å². The van der Waals surface area contributed by atoms with Gasteiger partial charge < -0.3 is 11.1 Å². The van der Waals surface area contributed by atoms with Crippen molar-refractivity contribution < 1.29 is 4.79 Å². The standard InChI is InChI=1S/C14H28N2OS/c1-11(2)13(5-7-15)3-4-14(17)16-9-12-6-8-18-10-12/h11-13H,3-10,15H2,1-2H3,(H,16,17). The van der Waals surface area contributed by atoms with Crippen LogP contribution in [-0.2, 0) is 4.79 Å². The first-order valence-corrected chi connectivity index (χ1v) is 8.33. The van der Waals surface area contributed by atoms with E-state index < -0.39 is 0 Å². The van der Waals surface area contributed by atoms with Crippen LogP contribution in [-0.4, -0.2) is 30.5 Å². The third-order valence-electron chi connectivity index (χ3n) is 3.83. The number of hydrogen-bond donors (Lipinski definition) is 2. The molecule has 1 aliphatic heterocycles. The molecule has 0 aliphatic carbocycles. The Labute approximate surface area is 116 Å². The van der Waals surface area contributed by atoms with Gasteiger partial charge in [0.1, 0.15) is 0 Å². The van der Waals surface area contributed by atoms with Crippen LogP contribution in [0.1, 0.15) is 39.5 Å². The van der Waals surface area contributed by atoms with Gasteiger partial charge in [-0.1, -0.05) is 13.8 Å². The summed E-state index contributed by atoms with van der Waals surface area (Å²) < 4.78 is 0. The zero-order chi connectivity index (χ0) is 13.4. The molecule has 0 saturated carbocycles. The predicted octanol–water partition coefficient (Wildman–Crippen LogP) is 2.26. The average Bonchev–Trinajstić information content (AvgIpc) is 2.84. The summed E-state index contributed by atoms with van der Waals surface area (Å²) in [6.45, 7) is 6.03. The molecule has 18 heavy (non-hydrogen) atoms. The van der Waals surface area contributed by atoms with Crippen LogP contribution in [0.15, 0.2) is 0 Å². The minimum atomic E-state index is 0.217. The van der Waals surface area contributed by atoms with Crippen LogP contribution in [0.5, 0.6) is 0 Å². The minimum Gasteiger partial charge on any atom is -0.356 e. The largest absolute Gasteiger partial charge is 0.356 e. The molecule has 0 aromatic carbocycles. The fraction of sp³-hybridized carbons (Fsp3) is 0.929. The topological polar surface area (TPSA) is 55.1 Å². The fourth-order valence-electron chi connectivity index (χ4n) is 2.43. The van der Waals surface area contributed by atoms with Crippen molar-refractivity contribution in [3.63, 3.8) is 0 Å². The van der Waals surface area contributed by atoms with Crippen molar-refractivity contribution in [1.82, 2.24) is 5.32 Å². The van der Waals surface area contributed by atoms with E-state index in [9.17, 15) is 4.79 Å². The van der Waals surface area contributed by atoms with Gasteiger partial charge in [-0.3, -0.25) is 4.79 Å². The molecule has 1 rings (SSSR count). The van der Waals surface area contributed by atoms with Crippen molar-refractivity contribution in [2.24, 2.45) is 23.5 Å². The van der Waals surface area contributed by atoms with Gasteiger partial charge in [-0.2, -0.15) is 11.8 Å². The summed E-state index contributed by atoms with van der Waals surface area (Å²) in [6.07, 6.45) is 3.92. The number of amides is 1. The maximum absolute atomic E-state index is 11.8. The minimum absolute atomic E-state index is 0.217. The molecule has 2 unspecified atom stereocenters. The summed E-state index contributed by atoms with van der Waals surface area (Å²) in [7, 11) is 0. The molecule has 106 valence electrons. The Kier molecular flexibility index (Phi) is 7.75. The number of nitrogens with two attached hydrogens (primary N) is 1. The molecular formula is C14H28N2OS. The van der Waals surface area contributed by atoms with Gasteiger partial charge >= 0.3 is 0 Å². The highest BCUT2D eigenvalue weighted by atomic mass is 32.2. The Morgan fingerprint density at radius 2 is 2.22 bits per heavy atom. The second kappa shape index (κ2) is 8.81. The van der Waals surface area contributed by atoms with Crippen LogP contribution in [0.2, 0.25) is 0 Å². The van der Waals surface area contributed by atoms with Gasteiger partial charge in [-0.25, -0.2) is 0 Å². The maximum atomic E-state index is 11.8. The highest BCUT2D eigenvalue weighted by Crippen LogP contribution is 2.23. The van der Waals surface area contributed by atoms with Gasteiger partial charge in [0.15, 0.2) is 0 Å². The number of thioether (sulfide) groups is 1. The highest BCUT2D eigenvalue weighted by molar-refractivity contribution is 7.99. The molecule has 1 fully saturated rings. The summed E-state index contributed by atoms with van der Waals surface area (Å²) >= 11 is 2.00. The SMILES string of the molecule is CC(C)C(CCN)CCC(=O)NCC1CCSC1. The molecule has 0 aromatic rings. The molecule has 0 bridgehead atoms. The fourth-order valence-corrected chi connectivity index (χ4v) is 3.72. The lowest BCUT2D eigenvalue weighted by Gasteiger charge is -2.20. The zero-order valence-corrected chi connectivity index (χ0v) is 12.6. The van der Waals surface area contributed by atoms with Crippen LogP contribution in [0.4, 0.5) is 0 Å². The van der Waals surface area contributed by atoms with Crippen LogP contribution in [0.25, 0.3) is 0 Å². The highest BCUT2D eigenvalue weighted by Gasteiger charge is 2.17. The predicted molar refractivity (Wildman–Crippen MR) is 79.7 cm³/mol. The van der Waals surface area contributed by atoms with Gasteiger partial charge in [-0.15, -0.1) is 0 Å². The van der Waals surface area contributed by atoms with Gasteiger partial charge in [0.05, 0.1) is 0 Å². The zero-order valence-electron chi connectivity index (χ0n) is 11.8. The summed E-state index contributed by atoms with van der Waals surface area (Å²) in [5.74, 6) is 4.59. The van der Waals surface area contributed by atoms with E-state index in [0.717, 1.165) is 25.9 Å². The number of carbonyl (C=O) groups is 1. The average molecular weight is 272 g/mol. The summed E-state index contributed by atoms with van der Waals surface area (Å²) in [5, 5.41) is 3.08. The Bertz CT molecular complexity index is 240. The Hall–Kier alpha value is -0.220. The maximum Gasteiger partial charge on any atom is 0.220 e. The number of rotatable bonds is 8. The van der Waals surface area contributed by atoms with Crippen LogP contribution < -0.4 is 11.1 Å². The molecule has 1 amide bonds. The first-order valence-electron chi connectivity index (χ1n) is 7.18. The molecular weight excluding hydrogens is 244 g/mol. The third kappa shape index (κ3) is 6.10. The van der Waals surface area contributed by atoms with Crippen molar-refractivity contribution >= 4 is 17.7 Å². The van der Waals surface area contributed by atoms with E-state index in [1.54, 1.807) is 0 Å². The summed E-state index contributed by atoms with van der Waals surface area (Å²) in [5.41, 5.74) is 5.61. The lowest BCUT2D eigenvalue weighted by molar-refractivity contribution is -0.121. The van der Waals surface area contributed by atoms with Crippen molar-refractivity contribution in [3.05, 3.63) is 0 Å². The Morgan fingerprint density at radius 1 is 1.44 bits per heavy atom. The van der Waals surface area contributed by atoms with Gasteiger partial charge in [0.25, 0.3) is 0 Å². The summed E-state index contributed by atoms with van der Waals surface area (Å²) in [4.78, 5) is 11.8. The smallest absolute Gasteiger partial charge is 0.220 e.